The van der Waals surface area contributed by atoms with E-state index in [4.69, 9.17) is 21.7 Å². The van der Waals surface area contributed by atoms with E-state index in [9.17, 15) is 4.39 Å². The number of nitrogens with zero attached hydrogens (tertiary/aromatic N) is 3. The van der Waals surface area contributed by atoms with Crippen molar-refractivity contribution in [3.8, 4) is 11.5 Å². The minimum atomic E-state index is -0.320. The molecule has 2 aromatic carbocycles. The first kappa shape index (κ1) is 18.8. The molecule has 3 rings (SSSR count). The predicted octanol–water partition coefficient (Wildman–Crippen LogP) is 4.11. The van der Waals surface area contributed by atoms with Gasteiger partial charge in [-0.2, -0.15) is 14.9 Å². The average molecular weight is 386 g/mol. The number of benzene rings is 2. The molecule has 140 valence electrons. The maximum absolute atomic E-state index is 13.9. The van der Waals surface area contributed by atoms with Gasteiger partial charge in [-0.15, -0.1) is 0 Å². The zero-order chi connectivity index (χ0) is 19.2. The van der Waals surface area contributed by atoms with Crippen LogP contribution in [0.3, 0.4) is 0 Å². The lowest BCUT2D eigenvalue weighted by Gasteiger charge is -2.13. The molecule has 1 N–H and O–H groups in total. The number of halogens is 1. The summed E-state index contributed by atoms with van der Waals surface area (Å²) in [5.41, 5.74) is 1.13. The second-order valence-corrected chi connectivity index (χ2v) is 6.00. The minimum Gasteiger partial charge on any atom is -0.493 e. The van der Waals surface area contributed by atoms with Crippen molar-refractivity contribution in [3.05, 3.63) is 70.0 Å². The molecular formula is C19H19FN4O2S. The second-order valence-electron chi connectivity index (χ2n) is 5.61. The molecule has 0 aliphatic carbocycles. The van der Waals surface area contributed by atoms with E-state index in [1.165, 1.54) is 6.07 Å². The number of nitrogens with one attached hydrogen (secondary N) is 1. The Morgan fingerprint density at radius 1 is 1.26 bits per heavy atom. The molecule has 0 aliphatic rings. The zero-order valence-corrected chi connectivity index (χ0v) is 15.8. The smallest absolute Gasteiger partial charge is 0.216 e. The normalized spacial score (nSPS) is 11.1. The Bertz CT molecular complexity index is 1010. The van der Waals surface area contributed by atoms with Gasteiger partial charge in [-0.1, -0.05) is 31.2 Å². The van der Waals surface area contributed by atoms with Crippen molar-refractivity contribution in [3.63, 3.8) is 0 Å². The Morgan fingerprint density at radius 3 is 2.81 bits per heavy atom. The lowest BCUT2D eigenvalue weighted by atomic mass is 10.2. The standard InChI is InChI=1S/C19H19FN4O2S/c1-3-17-22-23-19(27)24(17)21-11-13-8-6-10-16(25-2)18(13)26-12-14-7-4-5-9-15(14)20/h4-11H,3,12H2,1-2H3,(H,23,27)/b21-11+. The van der Waals surface area contributed by atoms with Crippen LogP contribution in [0.15, 0.2) is 47.6 Å². The number of aryl methyl sites for hydroxylation is 1. The van der Waals surface area contributed by atoms with Crippen LogP contribution in [-0.4, -0.2) is 28.2 Å². The molecule has 6 nitrogen and oxygen atoms in total. The molecule has 27 heavy (non-hydrogen) atoms. The predicted molar refractivity (Wildman–Crippen MR) is 104 cm³/mol. The summed E-state index contributed by atoms with van der Waals surface area (Å²) < 4.78 is 27.1. The molecule has 0 bridgehead atoms. The summed E-state index contributed by atoms with van der Waals surface area (Å²) in [7, 11) is 1.55. The number of para-hydroxylation sites is 1. The molecule has 1 heterocycles. The SMILES string of the molecule is CCc1n[nH]c(=S)n1/N=C/c1cccc(OC)c1OCc1ccccc1F. The number of hydrogen-bond acceptors (Lipinski definition) is 5. The highest BCUT2D eigenvalue weighted by molar-refractivity contribution is 7.71. The molecule has 0 amide bonds. The Balaban J connectivity index is 1.92. The van der Waals surface area contributed by atoms with Gasteiger partial charge < -0.3 is 9.47 Å². The first-order valence-corrected chi connectivity index (χ1v) is 8.78. The fourth-order valence-electron chi connectivity index (χ4n) is 2.51. The molecule has 0 unspecified atom stereocenters. The lowest BCUT2D eigenvalue weighted by molar-refractivity contribution is 0.279. The minimum absolute atomic E-state index is 0.0687. The largest absolute Gasteiger partial charge is 0.493 e. The van der Waals surface area contributed by atoms with E-state index in [1.54, 1.807) is 42.3 Å². The van der Waals surface area contributed by atoms with Gasteiger partial charge in [0, 0.05) is 17.5 Å². The van der Waals surface area contributed by atoms with Crippen molar-refractivity contribution in [1.82, 2.24) is 14.9 Å². The topological polar surface area (TPSA) is 64.4 Å². The molecule has 0 spiro atoms. The van der Waals surface area contributed by atoms with Crippen LogP contribution < -0.4 is 9.47 Å². The van der Waals surface area contributed by atoms with Gasteiger partial charge in [-0.3, -0.25) is 5.10 Å². The monoisotopic (exact) mass is 386 g/mol. The van der Waals surface area contributed by atoms with Gasteiger partial charge in [-0.05, 0) is 30.4 Å². The summed E-state index contributed by atoms with van der Waals surface area (Å²) in [6.45, 7) is 2.03. The van der Waals surface area contributed by atoms with E-state index in [0.717, 1.165) is 0 Å². The quantitative estimate of drug-likeness (QED) is 0.490. The number of ether oxygens (including phenoxy) is 2. The molecule has 0 fully saturated rings. The molecule has 8 heteroatoms. The highest BCUT2D eigenvalue weighted by atomic mass is 32.1. The Labute approximate surface area is 161 Å². The number of methoxy groups -OCH3 is 1. The molecule has 1 aromatic heterocycles. The van der Waals surface area contributed by atoms with Crippen LogP contribution in [0.25, 0.3) is 0 Å². The van der Waals surface area contributed by atoms with Crippen LogP contribution in [0.2, 0.25) is 0 Å². The van der Waals surface area contributed by atoms with Crippen LogP contribution >= 0.6 is 12.2 Å². The van der Waals surface area contributed by atoms with Gasteiger partial charge in [0.2, 0.25) is 4.77 Å². The van der Waals surface area contributed by atoms with E-state index in [2.05, 4.69) is 15.3 Å². The van der Waals surface area contributed by atoms with Gasteiger partial charge in [0.25, 0.3) is 0 Å². The third-order valence-corrected chi connectivity index (χ3v) is 4.17. The Morgan fingerprint density at radius 2 is 2.07 bits per heavy atom. The van der Waals surface area contributed by atoms with Gasteiger partial charge in [0.1, 0.15) is 12.4 Å². The third-order valence-electron chi connectivity index (χ3n) is 3.91. The van der Waals surface area contributed by atoms with Crippen LogP contribution in [0.5, 0.6) is 11.5 Å². The zero-order valence-electron chi connectivity index (χ0n) is 15.0. The summed E-state index contributed by atoms with van der Waals surface area (Å²) in [6, 6.07) is 11.9. The number of hydrogen-bond donors (Lipinski definition) is 1. The van der Waals surface area contributed by atoms with Gasteiger partial charge in [0.15, 0.2) is 17.3 Å². The van der Waals surface area contributed by atoms with Crippen molar-refractivity contribution in [2.45, 2.75) is 20.0 Å². The number of H-pyrrole nitrogens is 1. The highest BCUT2D eigenvalue weighted by Crippen LogP contribution is 2.31. The van der Waals surface area contributed by atoms with Crippen molar-refractivity contribution in [2.75, 3.05) is 7.11 Å². The summed E-state index contributed by atoms with van der Waals surface area (Å²) in [6.07, 6.45) is 2.29. The molecular weight excluding hydrogens is 367 g/mol. The Kier molecular flexibility index (Phi) is 5.97. The molecule has 0 atom stereocenters. The average Bonchev–Trinajstić information content (AvgIpc) is 3.05. The van der Waals surface area contributed by atoms with Crippen molar-refractivity contribution < 1.29 is 13.9 Å². The molecule has 3 aromatic rings. The number of aromatic amines is 1. The number of rotatable bonds is 7. The molecule has 0 saturated carbocycles. The molecule has 0 aliphatic heterocycles. The van der Waals surface area contributed by atoms with E-state index in [0.29, 0.717) is 39.6 Å². The Hall–Kier alpha value is -3.00. The van der Waals surface area contributed by atoms with Crippen LogP contribution in [0, 0.1) is 10.6 Å². The van der Waals surface area contributed by atoms with Crippen molar-refractivity contribution >= 4 is 18.4 Å². The lowest BCUT2D eigenvalue weighted by Crippen LogP contribution is -2.03. The molecule has 0 radical (unpaired) electrons. The fourth-order valence-corrected chi connectivity index (χ4v) is 2.71. The van der Waals surface area contributed by atoms with E-state index in [1.807, 2.05) is 19.1 Å². The van der Waals surface area contributed by atoms with E-state index >= 15 is 0 Å². The number of aromatic nitrogens is 3. The van der Waals surface area contributed by atoms with Crippen LogP contribution in [0.1, 0.15) is 23.9 Å². The first-order valence-electron chi connectivity index (χ1n) is 8.38. The van der Waals surface area contributed by atoms with Gasteiger partial charge >= 0.3 is 0 Å². The van der Waals surface area contributed by atoms with E-state index in [-0.39, 0.29) is 12.4 Å². The van der Waals surface area contributed by atoms with Gasteiger partial charge in [-0.25, -0.2) is 4.39 Å². The molecule has 0 saturated heterocycles. The summed E-state index contributed by atoms with van der Waals surface area (Å²) in [5.74, 6) is 1.40. The van der Waals surface area contributed by atoms with E-state index < -0.39 is 0 Å². The van der Waals surface area contributed by atoms with Crippen molar-refractivity contribution in [1.29, 1.82) is 0 Å². The summed E-state index contributed by atoms with van der Waals surface area (Å²) in [4.78, 5) is 0. The van der Waals surface area contributed by atoms with Crippen molar-refractivity contribution in [2.24, 2.45) is 5.10 Å². The second kappa shape index (κ2) is 8.59. The third kappa shape index (κ3) is 4.22. The summed E-state index contributed by atoms with van der Waals surface area (Å²) >= 11 is 5.20. The fraction of sp³-hybridized carbons (Fsp3) is 0.211. The first-order chi connectivity index (χ1) is 13.1. The van der Waals surface area contributed by atoms with Gasteiger partial charge in [0.05, 0.1) is 13.3 Å². The van der Waals surface area contributed by atoms with Crippen LogP contribution in [-0.2, 0) is 13.0 Å². The van der Waals surface area contributed by atoms with Crippen LogP contribution in [0.4, 0.5) is 4.39 Å². The highest BCUT2D eigenvalue weighted by Gasteiger charge is 2.11. The maximum atomic E-state index is 13.9. The summed E-state index contributed by atoms with van der Waals surface area (Å²) in [5, 5.41) is 11.2. The maximum Gasteiger partial charge on any atom is 0.216 e.